The van der Waals surface area contributed by atoms with Gasteiger partial charge in [0, 0.05) is 32.7 Å². The summed E-state index contributed by atoms with van der Waals surface area (Å²) >= 11 is 0. The van der Waals surface area contributed by atoms with E-state index in [9.17, 15) is 14.4 Å². The van der Waals surface area contributed by atoms with Crippen molar-refractivity contribution in [3.63, 3.8) is 0 Å². The van der Waals surface area contributed by atoms with Gasteiger partial charge in [-0.15, -0.1) is 0 Å². The Morgan fingerprint density at radius 2 is 1.91 bits per heavy atom. The number of nitrogens with zero attached hydrogens (tertiary/aromatic N) is 1. The predicted octanol–water partition coefficient (Wildman–Crippen LogP) is 3.04. The van der Waals surface area contributed by atoms with Crippen molar-refractivity contribution in [1.82, 2.24) is 10.2 Å². The largest absolute Gasteiger partial charge is 0.384 e. The standard InChI is InChI=1S/C26H34N2O5/c1-25(2)16-14-19-20(8-11-28-22(30)17-6-4-5-7-18(17)23(28)31)33-13-10-26(19,15-16)24(25)27-21(29)9-12-32-3/h4-7,16,19-20,24H,8-15H2,1-3H3,(H,27,29)/t16-,19-,20-,24+,26-/m0/s1. The van der Waals surface area contributed by atoms with Crippen LogP contribution in [0, 0.1) is 22.7 Å². The molecule has 4 aliphatic rings. The minimum atomic E-state index is -0.210. The first kappa shape index (κ1) is 22.5. The van der Waals surface area contributed by atoms with E-state index in [1.807, 2.05) is 0 Å². The lowest BCUT2D eigenvalue weighted by atomic mass is 9.59. The number of methoxy groups -OCH3 is 1. The summed E-state index contributed by atoms with van der Waals surface area (Å²) in [6.07, 6.45) is 4.11. The second kappa shape index (κ2) is 8.20. The van der Waals surface area contributed by atoms with Gasteiger partial charge in [-0.25, -0.2) is 0 Å². The summed E-state index contributed by atoms with van der Waals surface area (Å²) in [4.78, 5) is 39.6. The minimum Gasteiger partial charge on any atom is -0.384 e. The van der Waals surface area contributed by atoms with Crippen molar-refractivity contribution in [2.24, 2.45) is 22.7 Å². The Morgan fingerprint density at radius 3 is 2.58 bits per heavy atom. The number of fused-ring (bicyclic) bond motifs is 2. The van der Waals surface area contributed by atoms with E-state index in [2.05, 4.69) is 19.2 Å². The third-order valence-corrected chi connectivity index (χ3v) is 8.98. The van der Waals surface area contributed by atoms with Crippen LogP contribution >= 0.6 is 0 Å². The molecule has 2 heterocycles. The highest BCUT2D eigenvalue weighted by molar-refractivity contribution is 6.21. The van der Waals surface area contributed by atoms with Crippen molar-refractivity contribution in [1.29, 1.82) is 0 Å². The van der Waals surface area contributed by atoms with Crippen LogP contribution in [0.5, 0.6) is 0 Å². The van der Waals surface area contributed by atoms with E-state index >= 15 is 0 Å². The zero-order valence-electron chi connectivity index (χ0n) is 19.8. The number of rotatable bonds is 7. The van der Waals surface area contributed by atoms with Gasteiger partial charge in [0.25, 0.3) is 11.8 Å². The summed E-state index contributed by atoms with van der Waals surface area (Å²) in [6, 6.07) is 7.12. The smallest absolute Gasteiger partial charge is 0.261 e. The lowest BCUT2D eigenvalue weighted by Crippen LogP contribution is -2.60. The van der Waals surface area contributed by atoms with Gasteiger partial charge in [0.15, 0.2) is 0 Å². The molecular formula is C26H34N2O5. The Morgan fingerprint density at radius 1 is 1.21 bits per heavy atom. The van der Waals surface area contributed by atoms with E-state index in [4.69, 9.17) is 9.47 Å². The first-order valence-corrected chi connectivity index (χ1v) is 12.1. The summed E-state index contributed by atoms with van der Waals surface area (Å²) in [7, 11) is 1.61. The molecule has 1 aromatic rings. The molecule has 0 aromatic heterocycles. The van der Waals surface area contributed by atoms with Crippen LogP contribution in [0.2, 0.25) is 0 Å². The van der Waals surface area contributed by atoms with Crippen molar-refractivity contribution in [3.8, 4) is 0 Å². The molecule has 7 heteroatoms. The van der Waals surface area contributed by atoms with Gasteiger partial charge < -0.3 is 14.8 Å². The summed E-state index contributed by atoms with van der Waals surface area (Å²) in [5.74, 6) is 0.479. The SMILES string of the molecule is COCCC(=O)N[C@@H]1C(C)(C)[C@H]2C[C@H]3[C@H](CCN4C(=O)c5ccccc5C4=O)OCC[C@@]13C2. The molecule has 5 atom stereocenters. The molecule has 7 nitrogen and oxygen atoms in total. The van der Waals surface area contributed by atoms with Crippen LogP contribution < -0.4 is 5.32 Å². The van der Waals surface area contributed by atoms with Crippen molar-refractivity contribution in [2.75, 3.05) is 26.9 Å². The molecule has 2 aliphatic carbocycles. The number of hydrogen-bond donors (Lipinski definition) is 1. The molecule has 33 heavy (non-hydrogen) atoms. The van der Waals surface area contributed by atoms with Gasteiger partial charge in [-0.1, -0.05) is 26.0 Å². The van der Waals surface area contributed by atoms with E-state index in [0.29, 0.717) is 55.6 Å². The molecule has 0 radical (unpaired) electrons. The molecule has 3 fully saturated rings. The zero-order valence-corrected chi connectivity index (χ0v) is 19.8. The number of carbonyl (C=O) groups is 3. The van der Waals surface area contributed by atoms with E-state index in [-0.39, 0.29) is 40.7 Å². The van der Waals surface area contributed by atoms with Gasteiger partial charge in [0.2, 0.25) is 5.91 Å². The van der Waals surface area contributed by atoms with Gasteiger partial charge >= 0.3 is 0 Å². The highest BCUT2D eigenvalue weighted by Gasteiger charge is 2.68. The van der Waals surface area contributed by atoms with Crippen molar-refractivity contribution >= 4 is 17.7 Å². The van der Waals surface area contributed by atoms with E-state index in [0.717, 1.165) is 19.3 Å². The van der Waals surface area contributed by atoms with Gasteiger partial charge in [0.05, 0.1) is 23.8 Å². The van der Waals surface area contributed by atoms with Gasteiger partial charge in [0.1, 0.15) is 0 Å². The van der Waals surface area contributed by atoms with E-state index < -0.39 is 0 Å². The van der Waals surface area contributed by atoms with Crippen LogP contribution in [-0.4, -0.2) is 61.6 Å². The van der Waals surface area contributed by atoms with Crippen LogP contribution in [0.15, 0.2) is 24.3 Å². The maximum absolute atomic E-state index is 12.8. The number of amides is 3. The number of carbonyl (C=O) groups excluding carboxylic acids is 3. The predicted molar refractivity (Wildman–Crippen MR) is 122 cm³/mol. The second-order valence-electron chi connectivity index (χ2n) is 10.8. The minimum absolute atomic E-state index is 0.0115. The third kappa shape index (κ3) is 3.43. The molecule has 1 spiro atoms. The molecule has 1 N–H and O–H groups in total. The molecule has 2 saturated carbocycles. The normalized spacial score (nSPS) is 33.8. The molecule has 178 valence electrons. The summed E-state index contributed by atoms with van der Waals surface area (Å²) in [6.45, 7) is 6.00. The summed E-state index contributed by atoms with van der Waals surface area (Å²) in [5.41, 5.74) is 1.03. The van der Waals surface area contributed by atoms with Crippen molar-refractivity contribution in [3.05, 3.63) is 35.4 Å². The Balaban J connectivity index is 1.31. The number of benzene rings is 1. The fraction of sp³-hybridized carbons (Fsp3) is 0.654. The number of ether oxygens (including phenoxy) is 2. The van der Waals surface area contributed by atoms with Crippen molar-refractivity contribution in [2.45, 2.75) is 58.1 Å². The number of nitrogens with one attached hydrogen (secondary N) is 1. The van der Waals surface area contributed by atoms with Crippen LogP contribution in [0.25, 0.3) is 0 Å². The van der Waals surface area contributed by atoms with E-state index in [1.54, 1.807) is 31.4 Å². The lowest BCUT2D eigenvalue weighted by molar-refractivity contribution is -0.137. The Labute approximate surface area is 195 Å². The quantitative estimate of drug-likeness (QED) is 0.640. The fourth-order valence-corrected chi connectivity index (χ4v) is 7.32. The first-order chi connectivity index (χ1) is 15.8. The Bertz CT molecular complexity index is 940. The summed E-state index contributed by atoms with van der Waals surface area (Å²) in [5, 5.41) is 3.38. The van der Waals surface area contributed by atoms with Crippen molar-refractivity contribution < 1.29 is 23.9 Å². The summed E-state index contributed by atoms with van der Waals surface area (Å²) < 4.78 is 11.3. The zero-order chi connectivity index (χ0) is 23.4. The van der Waals surface area contributed by atoms with Crippen LogP contribution in [0.1, 0.15) is 66.7 Å². The molecular weight excluding hydrogens is 420 g/mol. The lowest BCUT2D eigenvalue weighted by Gasteiger charge is -2.53. The Kier molecular flexibility index (Phi) is 5.60. The molecule has 1 saturated heterocycles. The van der Waals surface area contributed by atoms with Gasteiger partial charge in [-0.3, -0.25) is 19.3 Å². The number of imide groups is 1. The number of hydrogen-bond acceptors (Lipinski definition) is 5. The molecule has 1 aromatic carbocycles. The van der Waals surface area contributed by atoms with Gasteiger partial charge in [-0.05, 0) is 60.5 Å². The molecule has 3 amide bonds. The van der Waals surface area contributed by atoms with Crippen LogP contribution in [0.4, 0.5) is 0 Å². The maximum Gasteiger partial charge on any atom is 0.261 e. The van der Waals surface area contributed by atoms with Crippen LogP contribution in [0.3, 0.4) is 0 Å². The monoisotopic (exact) mass is 454 g/mol. The average Bonchev–Trinajstić information content (AvgIpc) is 3.38. The topological polar surface area (TPSA) is 84.9 Å². The highest BCUT2D eigenvalue weighted by Crippen LogP contribution is 2.68. The third-order valence-electron chi connectivity index (χ3n) is 8.98. The second-order valence-corrected chi connectivity index (χ2v) is 10.8. The van der Waals surface area contributed by atoms with Crippen LogP contribution in [-0.2, 0) is 14.3 Å². The van der Waals surface area contributed by atoms with Gasteiger partial charge in [-0.2, -0.15) is 0 Å². The van der Waals surface area contributed by atoms with E-state index in [1.165, 1.54) is 4.90 Å². The Hall–Kier alpha value is -2.25. The molecule has 5 rings (SSSR count). The average molecular weight is 455 g/mol. The molecule has 0 unspecified atom stereocenters. The molecule has 2 aliphatic heterocycles. The highest BCUT2D eigenvalue weighted by atomic mass is 16.5. The maximum atomic E-state index is 12.8. The fourth-order valence-electron chi connectivity index (χ4n) is 7.32. The first-order valence-electron chi connectivity index (χ1n) is 12.1. The molecule has 2 bridgehead atoms.